The number of hydrogen-bond acceptors (Lipinski definition) is 4. The molecule has 0 unspecified atom stereocenters. The van der Waals surface area contributed by atoms with Crippen molar-refractivity contribution in [2.24, 2.45) is 0 Å². The monoisotopic (exact) mass is 301 g/mol. The standard InChI is InChI=1S/C12H12ClNO4S/c13-10-3-1-8(19-10)2-4-11(16)14-6-7(15)5-9(14)12(17)18/h1-4,7,9,15H,5-6H2,(H,17,18)/t7-,9-/m1/s1. The van der Waals surface area contributed by atoms with Crippen LogP contribution in [0.5, 0.6) is 0 Å². The van der Waals surface area contributed by atoms with Crippen LogP contribution in [0, 0.1) is 0 Å². The van der Waals surface area contributed by atoms with Gasteiger partial charge in [0, 0.05) is 23.9 Å². The van der Waals surface area contributed by atoms with E-state index in [9.17, 15) is 14.7 Å². The van der Waals surface area contributed by atoms with Crippen molar-refractivity contribution in [1.29, 1.82) is 0 Å². The maximum Gasteiger partial charge on any atom is 0.326 e. The number of rotatable bonds is 3. The van der Waals surface area contributed by atoms with Crippen molar-refractivity contribution in [2.45, 2.75) is 18.6 Å². The average Bonchev–Trinajstić information content (AvgIpc) is 2.92. The Kier molecular flexibility index (Phi) is 4.24. The van der Waals surface area contributed by atoms with Crippen molar-refractivity contribution in [2.75, 3.05) is 6.54 Å². The van der Waals surface area contributed by atoms with Crippen molar-refractivity contribution in [3.8, 4) is 0 Å². The summed E-state index contributed by atoms with van der Waals surface area (Å²) in [6, 6.07) is 2.53. The van der Waals surface area contributed by atoms with Gasteiger partial charge in [-0.2, -0.15) is 0 Å². The molecule has 1 saturated heterocycles. The molecule has 2 atom stereocenters. The van der Waals surface area contributed by atoms with Gasteiger partial charge in [-0.05, 0) is 18.2 Å². The van der Waals surface area contributed by atoms with Gasteiger partial charge in [0.1, 0.15) is 6.04 Å². The Bertz CT molecular complexity index is 528. The van der Waals surface area contributed by atoms with Gasteiger partial charge in [-0.15, -0.1) is 11.3 Å². The molecule has 2 heterocycles. The molecule has 2 N–H and O–H groups in total. The molecule has 0 aromatic carbocycles. The molecule has 19 heavy (non-hydrogen) atoms. The molecule has 2 rings (SSSR count). The second-order valence-electron chi connectivity index (χ2n) is 4.21. The average molecular weight is 302 g/mol. The largest absolute Gasteiger partial charge is 0.480 e. The number of halogens is 1. The van der Waals surface area contributed by atoms with Crippen molar-refractivity contribution < 1.29 is 19.8 Å². The molecule has 1 aromatic heterocycles. The fourth-order valence-corrected chi connectivity index (χ4v) is 2.92. The van der Waals surface area contributed by atoms with Crippen LogP contribution in [0.25, 0.3) is 6.08 Å². The number of thiophene rings is 1. The normalized spacial score (nSPS) is 23.2. The molecule has 1 amide bonds. The second-order valence-corrected chi connectivity index (χ2v) is 5.96. The van der Waals surface area contributed by atoms with Gasteiger partial charge in [0.25, 0.3) is 0 Å². The molecule has 5 nitrogen and oxygen atoms in total. The van der Waals surface area contributed by atoms with E-state index in [1.54, 1.807) is 18.2 Å². The third kappa shape index (κ3) is 3.34. The van der Waals surface area contributed by atoms with Crippen molar-refractivity contribution in [3.05, 3.63) is 27.4 Å². The Hall–Kier alpha value is -1.37. The summed E-state index contributed by atoms with van der Waals surface area (Å²) in [4.78, 5) is 24.9. The molecule has 1 aromatic rings. The Balaban J connectivity index is 2.06. The number of likely N-dealkylation sites (tertiary alicyclic amines) is 1. The minimum atomic E-state index is -1.10. The number of aliphatic carboxylic acids is 1. The molecule has 1 aliphatic heterocycles. The van der Waals surface area contributed by atoms with E-state index < -0.39 is 24.0 Å². The number of nitrogens with zero attached hydrogens (tertiary/aromatic N) is 1. The molecule has 1 aliphatic rings. The van der Waals surface area contributed by atoms with Crippen LogP contribution >= 0.6 is 22.9 Å². The summed E-state index contributed by atoms with van der Waals surface area (Å²) >= 11 is 7.09. The first kappa shape index (κ1) is 14.0. The van der Waals surface area contributed by atoms with E-state index in [-0.39, 0.29) is 13.0 Å². The molecule has 7 heteroatoms. The van der Waals surface area contributed by atoms with Gasteiger partial charge >= 0.3 is 5.97 Å². The van der Waals surface area contributed by atoms with Gasteiger partial charge in [0.2, 0.25) is 5.91 Å². The number of aliphatic hydroxyl groups excluding tert-OH is 1. The maximum atomic E-state index is 11.9. The molecule has 0 spiro atoms. The number of carbonyl (C=O) groups is 2. The molecule has 0 radical (unpaired) electrons. The van der Waals surface area contributed by atoms with Gasteiger partial charge in [0.15, 0.2) is 0 Å². The van der Waals surface area contributed by atoms with E-state index in [0.29, 0.717) is 4.34 Å². The third-order valence-corrected chi connectivity index (χ3v) is 4.03. The van der Waals surface area contributed by atoms with Crippen LogP contribution < -0.4 is 0 Å². The third-order valence-electron chi connectivity index (χ3n) is 2.83. The van der Waals surface area contributed by atoms with Gasteiger partial charge in [0.05, 0.1) is 10.4 Å². The number of β-amino-alcohol motifs (C(OH)–C–C–N with tert-alkyl or cyclic N) is 1. The number of carboxylic acids is 1. The quantitative estimate of drug-likeness (QED) is 0.829. The highest BCUT2D eigenvalue weighted by Gasteiger charge is 2.37. The first-order chi connectivity index (χ1) is 8.97. The zero-order valence-corrected chi connectivity index (χ0v) is 11.4. The van der Waals surface area contributed by atoms with Crippen LogP contribution in [0.4, 0.5) is 0 Å². The number of aliphatic hydroxyl groups is 1. The predicted octanol–water partition coefficient (Wildman–Crippen LogP) is 1.46. The van der Waals surface area contributed by atoms with E-state index >= 15 is 0 Å². The highest BCUT2D eigenvalue weighted by molar-refractivity contribution is 7.17. The van der Waals surface area contributed by atoms with Crippen LogP contribution in [0.15, 0.2) is 18.2 Å². The topological polar surface area (TPSA) is 77.8 Å². The molecular weight excluding hydrogens is 290 g/mol. The summed E-state index contributed by atoms with van der Waals surface area (Å²) in [7, 11) is 0. The fraction of sp³-hybridized carbons (Fsp3) is 0.333. The smallest absolute Gasteiger partial charge is 0.326 e. The first-order valence-corrected chi connectivity index (χ1v) is 6.81. The maximum absolute atomic E-state index is 11.9. The van der Waals surface area contributed by atoms with Crippen LogP contribution in [0.1, 0.15) is 11.3 Å². The summed E-state index contributed by atoms with van der Waals surface area (Å²) in [5.41, 5.74) is 0. The number of amides is 1. The lowest BCUT2D eigenvalue weighted by atomic mass is 10.2. The van der Waals surface area contributed by atoms with Gasteiger partial charge in [-0.1, -0.05) is 11.6 Å². The van der Waals surface area contributed by atoms with E-state index in [1.807, 2.05) is 0 Å². The predicted molar refractivity (Wildman–Crippen MR) is 72.1 cm³/mol. The van der Waals surface area contributed by atoms with E-state index in [2.05, 4.69) is 0 Å². The highest BCUT2D eigenvalue weighted by atomic mass is 35.5. The lowest BCUT2D eigenvalue weighted by molar-refractivity contribution is -0.146. The SMILES string of the molecule is O=C(O)[C@H]1C[C@@H](O)CN1C(=O)C=Cc1ccc(Cl)s1. The van der Waals surface area contributed by atoms with E-state index in [4.69, 9.17) is 16.7 Å². The van der Waals surface area contributed by atoms with Crippen molar-refractivity contribution >= 4 is 40.9 Å². The zero-order chi connectivity index (χ0) is 14.0. The first-order valence-electron chi connectivity index (χ1n) is 5.62. The number of carbonyl (C=O) groups excluding carboxylic acids is 1. The highest BCUT2D eigenvalue weighted by Crippen LogP contribution is 2.23. The summed E-state index contributed by atoms with van der Waals surface area (Å²) in [6.45, 7) is 0.0470. The van der Waals surface area contributed by atoms with Gasteiger partial charge in [-0.3, -0.25) is 4.79 Å². The van der Waals surface area contributed by atoms with E-state index in [1.165, 1.54) is 22.3 Å². The molecule has 0 aliphatic carbocycles. The van der Waals surface area contributed by atoms with E-state index in [0.717, 1.165) is 4.88 Å². The summed E-state index contributed by atoms with van der Waals surface area (Å²) in [5, 5.41) is 18.5. The Morgan fingerprint density at radius 1 is 1.47 bits per heavy atom. The minimum Gasteiger partial charge on any atom is -0.480 e. The second kappa shape index (κ2) is 5.73. The Morgan fingerprint density at radius 3 is 2.79 bits per heavy atom. The lowest BCUT2D eigenvalue weighted by Crippen LogP contribution is -2.39. The zero-order valence-electron chi connectivity index (χ0n) is 9.82. The Labute approximate surface area is 118 Å². The molecule has 0 bridgehead atoms. The van der Waals surface area contributed by atoms with Gasteiger partial charge in [-0.25, -0.2) is 4.79 Å². The van der Waals surface area contributed by atoms with Crippen molar-refractivity contribution in [1.82, 2.24) is 4.90 Å². The minimum absolute atomic E-state index is 0.0470. The number of hydrogen-bond donors (Lipinski definition) is 2. The van der Waals surface area contributed by atoms with Crippen molar-refractivity contribution in [3.63, 3.8) is 0 Å². The molecule has 102 valence electrons. The Morgan fingerprint density at radius 2 is 2.21 bits per heavy atom. The molecule has 1 fully saturated rings. The summed E-state index contributed by atoms with van der Waals surface area (Å²) in [6.07, 6.45) is 2.17. The van der Waals surface area contributed by atoms with Crippen LogP contribution in [0.3, 0.4) is 0 Å². The molecular formula is C12H12ClNO4S. The van der Waals surface area contributed by atoms with Crippen LogP contribution in [-0.4, -0.2) is 45.7 Å². The van der Waals surface area contributed by atoms with Crippen LogP contribution in [-0.2, 0) is 9.59 Å². The van der Waals surface area contributed by atoms with Gasteiger partial charge < -0.3 is 15.1 Å². The summed E-state index contributed by atoms with van der Waals surface area (Å²) in [5.74, 6) is -1.52. The summed E-state index contributed by atoms with van der Waals surface area (Å²) < 4.78 is 0.618. The number of carboxylic acid groups (broad SMARTS) is 1. The van der Waals surface area contributed by atoms with Crippen LogP contribution in [0.2, 0.25) is 4.34 Å². The fourth-order valence-electron chi connectivity index (χ4n) is 1.96. The molecule has 0 saturated carbocycles. The lowest BCUT2D eigenvalue weighted by Gasteiger charge is -2.19.